The van der Waals surface area contributed by atoms with Crippen LogP contribution in [0.3, 0.4) is 0 Å². The lowest BCUT2D eigenvalue weighted by Gasteiger charge is -2.55. The predicted octanol–water partition coefficient (Wildman–Crippen LogP) is 4.18. The van der Waals surface area contributed by atoms with Crippen LogP contribution in [-0.2, 0) is 17.5 Å². The lowest BCUT2D eigenvalue weighted by atomic mass is 9.61. The van der Waals surface area contributed by atoms with E-state index in [1.807, 2.05) is 6.20 Å². The van der Waals surface area contributed by atoms with Gasteiger partial charge in [-0.05, 0) is 69.0 Å². The molecule has 28 heavy (non-hydrogen) atoms. The number of pyridine rings is 1. The first-order valence-corrected chi connectivity index (χ1v) is 10.5. The number of aromatic amines is 1. The number of rotatable bonds is 2. The highest BCUT2D eigenvalue weighted by Gasteiger charge is 2.52. The van der Waals surface area contributed by atoms with Crippen molar-refractivity contribution in [1.82, 2.24) is 20.2 Å². The summed E-state index contributed by atoms with van der Waals surface area (Å²) >= 11 is 0. The van der Waals surface area contributed by atoms with Crippen LogP contribution < -0.4 is 5.32 Å². The van der Waals surface area contributed by atoms with Crippen molar-refractivity contribution in [3.63, 3.8) is 0 Å². The Labute approximate surface area is 167 Å². The molecular weight excluding hydrogens is 344 g/mol. The summed E-state index contributed by atoms with van der Waals surface area (Å²) in [6.45, 7) is 3.47. The largest absolute Gasteiger partial charge is 0.341 e. The van der Waals surface area contributed by atoms with Gasteiger partial charge in [0.05, 0.1) is 5.54 Å². The predicted molar refractivity (Wildman–Crippen MR) is 114 cm³/mol. The third kappa shape index (κ3) is 2.41. The molecule has 1 aliphatic heterocycles. The average molecular weight is 375 g/mol. The topological polar surface area (TPSA) is 44.0 Å². The van der Waals surface area contributed by atoms with Crippen LogP contribution in [0.5, 0.6) is 0 Å². The van der Waals surface area contributed by atoms with Crippen molar-refractivity contribution in [2.75, 3.05) is 20.6 Å². The molecule has 146 valence electrons. The Kier molecular flexibility index (Phi) is 4.11. The summed E-state index contributed by atoms with van der Waals surface area (Å²) in [6.07, 6.45) is 6.37. The smallest absolute Gasteiger partial charge is 0.137 e. The molecule has 1 aromatic carbocycles. The molecular formula is C24H30N4. The maximum Gasteiger partial charge on any atom is 0.137 e. The van der Waals surface area contributed by atoms with E-state index in [1.54, 1.807) is 0 Å². The summed E-state index contributed by atoms with van der Waals surface area (Å²) in [5, 5.41) is 5.26. The number of hydrogen-bond acceptors (Lipinski definition) is 3. The Balaban J connectivity index is 1.58. The first-order valence-electron chi connectivity index (χ1n) is 10.5. The van der Waals surface area contributed by atoms with Crippen molar-refractivity contribution in [3.05, 3.63) is 65.5 Å². The zero-order valence-corrected chi connectivity index (χ0v) is 17.1. The molecule has 2 aliphatic rings. The quantitative estimate of drug-likeness (QED) is 0.707. The van der Waals surface area contributed by atoms with E-state index in [0.717, 1.165) is 37.9 Å². The van der Waals surface area contributed by atoms with Crippen LogP contribution in [0.25, 0.3) is 11.0 Å². The van der Waals surface area contributed by atoms with Gasteiger partial charge in [-0.25, -0.2) is 4.98 Å². The third-order valence-electron chi connectivity index (χ3n) is 7.52. The second-order valence-electron chi connectivity index (χ2n) is 8.92. The van der Waals surface area contributed by atoms with Gasteiger partial charge in [0.25, 0.3) is 0 Å². The third-order valence-corrected chi connectivity index (χ3v) is 7.52. The van der Waals surface area contributed by atoms with Gasteiger partial charge in [-0.2, -0.15) is 0 Å². The molecule has 0 amide bonds. The SMILES string of the molecule is CC1CC(c2ccccc2)(N(C)C)CCC12NCCc1c2[nH]c2ncccc12. The lowest BCUT2D eigenvalue weighted by molar-refractivity contribution is 0.00952. The summed E-state index contributed by atoms with van der Waals surface area (Å²) in [5.74, 6) is 0.510. The van der Waals surface area contributed by atoms with Gasteiger partial charge in [0.15, 0.2) is 0 Å². The number of fused-ring (bicyclic) bond motifs is 4. The van der Waals surface area contributed by atoms with Gasteiger partial charge in [-0.3, -0.25) is 4.90 Å². The molecule has 1 saturated carbocycles. The van der Waals surface area contributed by atoms with Crippen LogP contribution in [0, 0.1) is 5.92 Å². The molecule has 3 aromatic rings. The van der Waals surface area contributed by atoms with Crippen LogP contribution in [0.4, 0.5) is 0 Å². The van der Waals surface area contributed by atoms with E-state index in [2.05, 4.69) is 83.7 Å². The molecule has 4 nitrogen and oxygen atoms in total. The van der Waals surface area contributed by atoms with E-state index < -0.39 is 0 Å². The van der Waals surface area contributed by atoms with E-state index in [9.17, 15) is 0 Å². The van der Waals surface area contributed by atoms with E-state index in [1.165, 1.54) is 22.2 Å². The van der Waals surface area contributed by atoms with Gasteiger partial charge >= 0.3 is 0 Å². The monoisotopic (exact) mass is 374 g/mol. The molecule has 3 atom stereocenters. The summed E-state index contributed by atoms with van der Waals surface area (Å²) in [6, 6.07) is 15.4. The van der Waals surface area contributed by atoms with Crippen LogP contribution in [0.1, 0.15) is 43.0 Å². The minimum atomic E-state index is 0.0164. The van der Waals surface area contributed by atoms with Gasteiger partial charge < -0.3 is 10.3 Å². The molecule has 5 rings (SSSR count). The van der Waals surface area contributed by atoms with E-state index in [-0.39, 0.29) is 11.1 Å². The molecule has 2 N–H and O–H groups in total. The van der Waals surface area contributed by atoms with Gasteiger partial charge in [-0.1, -0.05) is 37.3 Å². The minimum Gasteiger partial charge on any atom is -0.341 e. The zero-order chi connectivity index (χ0) is 19.4. The number of aromatic nitrogens is 2. The second-order valence-corrected chi connectivity index (χ2v) is 8.92. The summed E-state index contributed by atoms with van der Waals surface area (Å²) in [5.41, 5.74) is 5.45. The van der Waals surface area contributed by atoms with Crippen molar-refractivity contribution < 1.29 is 0 Å². The molecule has 4 heteroatoms. The highest BCUT2D eigenvalue weighted by molar-refractivity contribution is 5.82. The normalized spacial score (nSPS) is 30.1. The van der Waals surface area contributed by atoms with Crippen molar-refractivity contribution in [2.24, 2.45) is 5.92 Å². The summed E-state index contributed by atoms with van der Waals surface area (Å²) < 4.78 is 0. The average Bonchev–Trinajstić information content (AvgIpc) is 3.11. The Morgan fingerprint density at radius 1 is 1.07 bits per heavy atom. The van der Waals surface area contributed by atoms with Crippen molar-refractivity contribution in [3.8, 4) is 0 Å². The van der Waals surface area contributed by atoms with Crippen LogP contribution in [0.2, 0.25) is 0 Å². The first kappa shape index (κ1) is 17.9. The molecule has 0 radical (unpaired) electrons. The van der Waals surface area contributed by atoms with Crippen LogP contribution in [0.15, 0.2) is 48.7 Å². The highest BCUT2D eigenvalue weighted by atomic mass is 15.2. The maximum atomic E-state index is 4.60. The lowest BCUT2D eigenvalue weighted by Crippen LogP contribution is -2.59. The molecule has 1 aliphatic carbocycles. The van der Waals surface area contributed by atoms with E-state index >= 15 is 0 Å². The van der Waals surface area contributed by atoms with Crippen molar-refractivity contribution in [1.29, 1.82) is 0 Å². The maximum absolute atomic E-state index is 4.60. The standard InChI is InChI=1S/C24H30N4/c1-17-16-23(28(2)3,18-8-5-4-6-9-18)12-13-24(17)21-19(11-15-26-24)20-10-7-14-25-22(20)27-21/h4-10,14,17,26H,11-13,15-16H2,1-3H3,(H,25,27). The van der Waals surface area contributed by atoms with Gasteiger partial charge in [0, 0.05) is 29.4 Å². The summed E-state index contributed by atoms with van der Waals surface area (Å²) in [4.78, 5) is 10.8. The molecule has 0 saturated heterocycles. The fourth-order valence-corrected chi connectivity index (χ4v) is 5.96. The molecule has 0 bridgehead atoms. The number of H-pyrrole nitrogens is 1. The van der Waals surface area contributed by atoms with Crippen LogP contribution >= 0.6 is 0 Å². The molecule has 3 unspecified atom stereocenters. The minimum absolute atomic E-state index is 0.0164. The number of benzene rings is 1. The molecule has 1 spiro atoms. The highest BCUT2D eigenvalue weighted by Crippen LogP contribution is 2.53. The van der Waals surface area contributed by atoms with Gasteiger partial charge in [-0.15, -0.1) is 0 Å². The fourth-order valence-electron chi connectivity index (χ4n) is 5.96. The Bertz CT molecular complexity index is 992. The molecule has 1 fully saturated rings. The summed E-state index contributed by atoms with van der Waals surface area (Å²) in [7, 11) is 4.48. The molecule has 3 heterocycles. The Hall–Kier alpha value is -2.17. The fraction of sp³-hybridized carbons (Fsp3) is 0.458. The second kappa shape index (κ2) is 6.43. The van der Waals surface area contributed by atoms with Crippen LogP contribution in [-0.4, -0.2) is 35.5 Å². The Morgan fingerprint density at radius 2 is 1.89 bits per heavy atom. The van der Waals surface area contributed by atoms with E-state index in [0.29, 0.717) is 5.92 Å². The first-order chi connectivity index (χ1) is 13.6. The van der Waals surface area contributed by atoms with Gasteiger partial charge in [0.1, 0.15) is 5.65 Å². The zero-order valence-electron chi connectivity index (χ0n) is 17.1. The van der Waals surface area contributed by atoms with E-state index in [4.69, 9.17) is 0 Å². The number of nitrogens with zero attached hydrogens (tertiary/aromatic N) is 2. The number of nitrogens with one attached hydrogen (secondary N) is 2. The number of hydrogen-bond donors (Lipinski definition) is 2. The van der Waals surface area contributed by atoms with Crippen molar-refractivity contribution >= 4 is 11.0 Å². The van der Waals surface area contributed by atoms with Crippen molar-refractivity contribution in [2.45, 2.75) is 43.7 Å². The Morgan fingerprint density at radius 3 is 2.64 bits per heavy atom. The van der Waals surface area contributed by atoms with Gasteiger partial charge in [0.2, 0.25) is 0 Å². The molecule has 2 aromatic heterocycles.